The van der Waals surface area contributed by atoms with E-state index in [2.05, 4.69) is 4.98 Å². The summed E-state index contributed by atoms with van der Waals surface area (Å²) < 4.78 is 5.36. The van der Waals surface area contributed by atoms with E-state index in [9.17, 15) is 4.79 Å². The summed E-state index contributed by atoms with van der Waals surface area (Å²) in [6.45, 7) is 8.08. The van der Waals surface area contributed by atoms with Crippen LogP contribution in [-0.2, 0) is 16.1 Å². The standard InChI is InChI=1S/C14H22N2O2/c1-11(13(17)18-14(2,3)4)16(5)10-12-8-6-7-9-15-12/h6-9,11H,10H2,1-5H3. The van der Waals surface area contributed by atoms with Gasteiger partial charge in [-0.2, -0.15) is 0 Å². The minimum Gasteiger partial charge on any atom is -0.459 e. The zero-order valence-corrected chi connectivity index (χ0v) is 11.8. The molecule has 18 heavy (non-hydrogen) atoms. The second-order valence-electron chi connectivity index (χ2n) is 5.45. The van der Waals surface area contributed by atoms with Crippen molar-refractivity contribution in [2.75, 3.05) is 7.05 Å². The first kappa shape index (κ1) is 14.6. The van der Waals surface area contributed by atoms with E-state index < -0.39 is 5.60 Å². The van der Waals surface area contributed by atoms with Crippen LogP contribution in [-0.4, -0.2) is 34.5 Å². The molecule has 0 bridgehead atoms. The highest BCUT2D eigenvalue weighted by atomic mass is 16.6. The summed E-state index contributed by atoms with van der Waals surface area (Å²) in [5.74, 6) is -0.207. The molecule has 0 N–H and O–H groups in total. The van der Waals surface area contributed by atoms with Crippen LogP contribution in [0.2, 0.25) is 0 Å². The number of pyridine rings is 1. The highest BCUT2D eigenvalue weighted by molar-refractivity contribution is 5.75. The molecule has 0 spiro atoms. The third kappa shape index (κ3) is 4.84. The van der Waals surface area contributed by atoms with Crippen LogP contribution in [0, 0.1) is 0 Å². The molecule has 1 atom stereocenters. The van der Waals surface area contributed by atoms with Crippen molar-refractivity contribution in [2.45, 2.75) is 45.9 Å². The van der Waals surface area contributed by atoms with E-state index in [1.54, 1.807) is 6.20 Å². The number of rotatable bonds is 4. The van der Waals surface area contributed by atoms with Gasteiger partial charge in [-0.1, -0.05) is 6.07 Å². The Bertz CT molecular complexity index is 385. The number of ether oxygens (including phenoxy) is 1. The lowest BCUT2D eigenvalue weighted by molar-refractivity contribution is -0.160. The first-order valence-corrected chi connectivity index (χ1v) is 6.12. The van der Waals surface area contributed by atoms with E-state index in [-0.39, 0.29) is 12.0 Å². The normalized spacial score (nSPS) is 13.4. The summed E-state index contributed by atoms with van der Waals surface area (Å²) in [6, 6.07) is 5.47. The molecular formula is C14H22N2O2. The lowest BCUT2D eigenvalue weighted by Crippen LogP contribution is -2.40. The van der Waals surface area contributed by atoms with Crippen LogP contribution in [0.5, 0.6) is 0 Å². The van der Waals surface area contributed by atoms with Gasteiger partial charge in [-0.05, 0) is 46.9 Å². The molecule has 0 aromatic carbocycles. The molecule has 0 radical (unpaired) electrons. The molecule has 4 nitrogen and oxygen atoms in total. The van der Waals surface area contributed by atoms with Crippen molar-refractivity contribution in [1.29, 1.82) is 0 Å². The van der Waals surface area contributed by atoms with Crippen molar-refractivity contribution in [2.24, 2.45) is 0 Å². The van der Waals surface area contributed by atoms with Crippen LogP contribution in [0.1, 0.15) is 33.4 Å². The number of carbonyl (C=O) groups is 1. The Hall–Kier alpha value is -1.42. The molecule has 1 heterocycles. The minimum atomic E-state index is -0.447. The van der Waals surface area contributed by atoms with Crippen LogP contribution in [0.15, 0.2) is 24.4 Å². The topological polar surface area (TPSA) is 42.4 Å². The maximum Gasteiger partial charge on any atom is 0.323 e. The first-order chi connectivity index (χ1) is 8.29. The van der Waals surface area contributed by atoms with E-state index in [1.165, 1.54) is 0 Å². The molecule has 100 valence electrons. The van der Waals surface area contributed by atoms with Crippen LogP contribution in [0.4, 0.5) is 0 Å². The number of nitrogens with zero attached hydrogens (tertiary/aromatic N) is 2. The first-order valence-electron chi connectivity index (χ1n) is 6.12. The maximum atomic E-state index is 11.9. The molecule has 0 aliphatic heterocycles. The van der Waals surface area contributed by atoms with Crippen LogP contribution in [0.3, 0.4) is 0 Å². The quantitative estimate of drug-likeness (QED) is 0.769. The summed E-state index contributed by atoms with van der Waals surface area (Å²) in [5.41, 5.74) is 0.493. The molecule has 0 fully saturated rings. The molecule has 0 saturated carbocycles. The number of aromatic nitrogens is 1. The van der Waals surface area contributed by atoms with Gasteiger partial charge >= 0.3 is 5.97 Å². The van der Waals surface area contributed by atoms with Crippen molar-refractivity contribution < 1.29 is 9.53 Å². The fraction of sp³-hybridized carbons (Fsp3) is 0.571. The summed E-state index contributed by atoms with van der Waals surface area (Å²) >= 11 is 0. The molecular weight excluding hydrogens is 228 g/mol. The predicted octanol–water partition coefficient (Wildman–Crippen LogP) is 2.24. The van der Waals surface area contributed by atoms with Gasteiger partial charge in [0.25, 0.3) is 0 Å². The maximum absolute atomic E-state index is 11.9. The van der Waals surface area contributed by atoms with Crippen molar-refractivity contribution >= 4 is 5.97 Å². The molecule has 1 aromatic rings. The smallest absolute Gasteiger partial charge is 0.323 e. The van der Waals surface area contributed by atoms with Gasteiger partial charge in [0.15, 0.2) is 0 Å². The SMILES string of the molecule is CC(C(=O)OC(C)(C)C)N(C)Cc1ccccn1. The molecule has 1 aromatic heterocycles. The highest BCUT2D eigenvalue weighted by Gasteiger charge is 2.24. The van der Waals surface area contributed by atoms with Crippen LogP contribution >= 0.6 is 0 Å². The Labute approximate surface area is 109 Å². The Morgan fingerprint density at radius 2 is 2.11 bits per heavy atom. The summed E-state index contributed by atoms with van der Waals surface area (Å²) in [5, 5.41) is 0. The van der Waals surface area contributed by atoms with Crippen molar-refractivity contribution in [1.82, 2.24) is 9.88 Å². The lowest BCUT2D eigenvalue weighted by Gasteiger charge is -2.27. The van der Waals surface area contributed by atoms with Gasteiger partial charge in [0.2, 0.25) is 0 Å². The number of hydrogen-bond acceptors (Lipinski definition) is 4. The van der Waals surface area contributed by atoms with Crippen molar-refractivity contribution in [3.05, 3.63) is 30.1 Å². The van der Waals surface area contributed by atoms with E-state index in [4.69, 9.17) is 4.74 Å². The van der Waals surface area contributed by atoms with E-state index in [1.807, 2.05) is 57.8 Å². The Balaban J connectivity index is 2.56. The Morgan fingerprint density at radius 3 is 2.61 bits per heavy atom. The average molecular weight is 250 g/mol. The lowest BCUT2D eigenvalue weighted by atomic mass is 10.2. The summed E-state index contributed by atoms with van der Waals surface area (Å²) in [4.78, 5) is 18.1. The van der Waals surface area contributed by atoms with Crippen molar-refractivity contribution in [3.8, 4) is 0 Å². The largest absolute Gasteiger partial charge is 0.459 e. The Morgan fingerprint density at radius 1 is 1.44 bits per heavy atom. The molecule has 0 aliphatic carbocycles. The van der Waals surface area contributed by atoms with E-state index in [0.29, 0.717) is 6.54 Å². The predicted molar refractivity (Wildman–Crippen MR) is 71.0 cm³/mol. The molecule has 0 aliphatic rings. The van der Waals surface area contributed by atoms with Gasteiger partial charge in [0.05, 0.1) is 5.69 Å². The Kier molecular flexibility index (Phi) is 4.84. The van der Waals surface area contributed by atoms with Gasteiger partial charge in [0, 0.05) is 12.7 Å². The molecule has 4 heteroatoms. The fourth-order valence-corrected chi connectivity index (χ4v) is 1.45. The van der Waals surface area contributed by atoms with E-state index >= 15 is 0 Å². The van der Waals surface area contributed by atoms with Gasteiger partial charge in [-0.3, -0.25) is 14.7 Å². The minimum absolute atomic E-state index is 0.207. The molecule has 0 amide bonds. The van der Waals surface area contributed by atoms with E-state index in [0.717, 1.165) is 5.69 Å². The van der Waals surface area contributed by atoms with Gasteiger partial charge in [-0.25, -0.2) is 0 Å². The molecule has 0 saturated heterocycles. The zero-order chi connectivity index (χ0) is 13.8. The second-order valence-corrected chi connectivity index (χ2v) is 5.45. The molecule has 1 unspecified atom stereocenters. The summed E-state index contributed by atoms with van der Waals surface area (Å²) in [7, 11) is 1.89. The summed E-state index contributed by atoms with van der Waals surface area (Å²) in [6.07, 6.45) is 1.75. The highest BCUT2D eigenvalue weighted by Crippen LogP contribution is 2.11. The van der Waals surface area contributed by atoms with Gasteiger partial charge in [-0.15, -0.1) is 0 Å². The monoisotopic (exact) mass is 250 g/mol. The number of carbonyl (C=O) groups excluding carboxylic acids is 1. The van der Waals surface area contributed by atoms with Crippen molar-refractivity contribution in [3.63, 3.8) is 0 Å². The van der Waals surface area contributed by atoms with Gasteiger partial charge in [0.1, 0.15) is 11.6 Å². The second kappa shape index (κ2) is 5.96. The van der Waals surface area contributed by atoms with Crippen LogP contribution in [0.25, 0.3) is 0 Å². The number of hydrogen-bond donors (Lipinski definition) is 0. The third-order valence-corrected chi connectivity index (χ3v) is 2.55. The average Bonchev–Trinajstić information content (AvgIpc) is 2.27. The zero-order valence-electron chi connectivity index (χ0n) is 11.8. The number of likely N-dealkylation sites (N-methyl/N-ethyl adjacent to an activating group) is 1. The van der Waals surface area contributed by atoms with Gasteiger partial charge < -0.3 is 4.74 Å². The molecule has 1 rings (SSSR count). The third-order valence-electron chi connectivity index (χ3n) is 2.55. The number of esters is 1. The van der Waals surface area contributed by atoms with Crippen LogP contribution < -0.4 is 0 Å². The fourth-order valence-electron chi connectivity index (χ4n) is 1.45.